The summed E-state index contributed by atoms with van der Waals surface area (Å²) in [7, 11) is 0. The lowest BCUT2D eigenvalue weighted by atomic mass is 10.1. The summed E-state index contributed by atoms with van der Waals surface area (Å²) in [6.07, 6.45) is 1.02. The van der Waals surface area contributed by atoms with Crippen LogP contribution < -0.4 is 28.3 Å². The topological polar surface area (TPSA) is 163 Å². The van der Waals surface area contributed by atoms with E-state index in [2.05, 4.69) is 31.1 Å². The quantitative estimate of drug-likeness (QED) is 0.221. The predicted octanol–water partition coefficient (Wildman–Crippen LogP) is -1.37. The zero-order valence-corrected chi connectivity index (χ0v) is 12.6. The van der Waals surface area contributed by atoms with Crippen molar-refractivity contribution in [3.05, 3.63) is 0 Å². The molecule has 0 aromatic rings. The van der Waals surface area contributed by atoms with Crippen molar-refractivity contribution in [3.63, 3.8) is 0 Å². The predicted molar refractivity (Wildman–Crippen MR) is 80.6 cm³/mol. The summed E-state index contributed by atoms with van der Waals surface area (Å²) in [5.74, 6) is -0.184. The third kappa shape index (κ3) is 18.5. The Labute approximate surface area is 120 Å². The number of rotatable bonds is 7. The Hall–Kier alpha value is -1.83. The summed E-state index contributed by atoms with van der Waals surface area (Å²) in [5.41, 5.74) is 20.6. The van der Waals surface area contributed by atoms with Crippen molar-refractivity contribution in [1.82, 2.24) is 5.32 Å². The molecule has 0 aliphatic heterocycles. The number of aliphatic imine (C=N–C) groups is 1. The van der Waals surface area contributed by atoms with E-state index in [4.69, 9.17) is 22.9 Å². The van der Waals surface area contributed by atoms with Crippen LogP contribution in [0.25, 0.3) is 0 Å². The van der Waals surface area contributed by atoms with Crippen LogP contribution in [-0.2, 0) is 9.59 Å². The molecule has 0 rings (SSSR count). The largest absolute Gasteiger partial charge is 0.370 e. The van der Waals surface area contributed by atoms with Gasteiger partial charge in [-0.1, -0.05) is 20.8 Å². The fourth-order valence-corrected chi connectivity index (χ4v) is 0.956. The maximum absolute atomic E-state index is 11.2. The van der Waals surface area contributed by atoms with Crippen LogP contribution in [0.1, 0.15) is 33.6 Å². The SMILES string of the molecule is CC(C)C.NC(=O)CNC(=O)[C@@H](N)CCCN=C(N)N. The van der Waals surface area contributed by atoms with Gasteiger partial charge in [-0.15, -0.1) is 0 Å². The van der Waals surface area contributed by atoms with Crippen LogP contribution in [0.2, 0.25) is 0 Å². The molecule has 8 nitrogen and oxygen atoms in total. The minimum absolute atomic E-state index is 0.00625. The van der Waals surface area contributed by atoms with E-state index >= 15 is 0 Å². The first-order valence-corrected chi connectivity index (χ1v) is 6.53. The van der Waals surface area contributed by atoms with E-state index < -0.39 is 17.9 Å². The van der Waals surface area contributed by atoms with Gasteiger partial charge in [0.2, 0.25) is 11.8 Å². The number of carbonyl (C=O) groups is 2. The minimum Gasteiger partial charge on any atom is -0.370 e. The molecule has 0 spiro atoms. The number of nitrogens with zero attached hydrogens (tertiary/aromatic N) is 1. The van der Waals surface area contributed by atoms with Crippen LogP contribution in [0.4, 0.5) is 0 Å². The Morgan fingerprint density at radius 2 is 1.65 bits per heavy atom. The Morgan fingerprint density at radius 1 is 1.15 bits per heavy atom. The molecule has 8 heteroatoms. The van der Waals surface area contributed by atoms with E-state index in [-0.39, 0.29) is 12.5 Å². The second kappa shape index (κ2) is 12.2. The summed E-state index contributed by atoms with van der Waals surface area (Å²) in [4.78, 5) is 25.4. The van der Waals surface area contributed by atoms with Crippen molar-refractivity contribution in [3.8, 4) is 0 Å². The van der Waals surface area contributed by atoms with Gasteiger partial charge in [-0.25, -0.2) is 0 Å². The molecule has 0 fully saturated rings. The van der Waals surface area contributed by atoms with Gasteiger partial charge >= 0.3 is 0 Å². The number of carbonyl (C=O) groups excluding carboxylic acids is 2. The number of guanidine groups is 1. The first-order valence-electron chi connectivity index (χ1n) is 6.53. The number of nitrogens with two attached hydrogens (primary N) is 4. The molecule has 0 radical (unpaired) electrons. The van der Waals surface area contributed by atoms with Gasteiger partial charge in [0.15, 0.2) is 5.96 Å². The van der Waals surface area contributed by atoms with E-state index in [1.807, 2.05) is 0 Å². The molecule has 118 valence electrons. The minimum atomic E-state index is -0.687. The molecule has 0 saturated carbocycles. The fraction of sp³-hybridized carbons (Fsp3) is 0.750. The van der Waals surface area contributed by atoms with Crippen molar-refractivity contribution >= 4 is 17.8 Å². The van der Waals surface area contributed by atoms with E-state index in [9.17, 15) is 9.59 Å². The number of primary amides is 1. The van der Waals surface area contributed by atoms with Crippen molar-refractivity contribution < 1.29 is 9.59 Å². The van der Waals surface area contributed by atoms with E-state index in [0.717, 1.165) is 5.92 Å². The highest BCUT2D eigenvalue weighted by Crippen LogP contribution is 1.95. The molecule has 0 heterocycles. The average molecular weight is 288 g/mol. The maximum atomic E-state index is 11.2. The van der Waals surface area contributed by atoms with Gasteiger partial charge in [0.25, 0.3) is 0 Å². The lowest BCUT2D eigenvalue weighted by molar-refractivity contribution is -0.125. The van der Waals surface area contributed by atoms with E-state index in [1.165, 1.54) is 0 Å². The number of hydrogen-bond acceptors (Lipinski definition) is 4. The van der Waals surface area contributed by atoms with E-state index in [0.29, 0.717) is 19.4 Å². The Balaban J connectivity index is 0. The van der Waals surface area contributed by atoms with Crippen molar-refractivity contribution in [2.45, 2.75) is 39.7 Å². The van der Waals surface area contributed by atoms with Gasteiger partial charge < -0.3 is 28.3 Å². The smallest absolute Gasteiger partial charge is 0.237 e. The molecule has 9 N–H and O–H groups in total. The lowest BCUT2D eigenvalue weighted by Crippen LogP contribution is -2.43. The maximum Gasteiger partial charge on any atom is 0.237 e. The third-order valence-electron chi connectivity index (χ3n) is 1.74. The zero-order valence-electron chi connectivity index (χ0n) is 12.6. The van der Waals surface area contributed by atoms with Crippen LogP contribution >= 0.6 is 0 Å². The van der Waals surface area contributed by atoms with Crippen LogP contribution in [0.15, 0.2) is 4.99 Å². The van der Waals surface area contributed by atoms with Gasteiger partial charge in [-0.3, -0.25) is 14.6 Å². The molecule has 0 bridgehead atoms. The average Bonchev–Trinajstić information content (AvgIpc) is 2.30. The van der Waals surface area contributed by atoms with Crippen molar-refractivity contribution in [1.29, 1.82) is 0 Å². The summed E-state index contributed by atoms with van der Waals surface area (Å²) >= 11 is 0. The van der Waals surface area contributed by atoms with Gasteiger partial charge in [-0.05, 0) is 18.8 Å². The second-order valence-corrected chi connectivity index (χ2v) is 4.97. The molecule has 0 aliphatic carbocycles. The molecule has 0 saturated heterocycles. The Bertz CT molecular complexity index is 310. The molecule has 0 aromatic carbocycles. The zero-order chi connectivity index (χ0) is 16.1. The lowest BCUT2D eigenvalue weighted by Gasteiger charge is -2.10. The van der Waals surface area contributed by atoms with Crippen LogP contribution in [0, 0.1) is 5.92 Å². The highest BCUT2D eigenvalue weighted by atomic mass is 16.2. The van der Waals surface area contributed by atoms with Crippen molar-refractivity contribution in [2.24, 2.45) is 33.8 Å². The highest BCUT2D eigenvalue weighted by Gasteiger charge is 2.12. The second-order valence-electron chi connectivity index (χ2n) is 4.97. The van der Waals surface area contributed by atoms with Gasteiger partial charge in [-0.2, -0.15) is 0 Å². The van der Waals surface area contributed by atoms with Gasteiger partial charge in [0.05, 0.1) is 12.6 Å². The summed E-state index contributed by atoms with van der Waals surface area (Å²) in [6, 6.07) is -0.687. The highest BCUT2D eigenvalue weighted by molar-refractivity contribution is 5.86. The summed E-state index contributed by atoms with van der Waals surface area (Å²) < 4.78 is 0. The molecule has 1 atom stereocenters. The molecular formula is C12H28N6O2. The first kappa shape index (κ1) is 20.5. The normalized spacial score (nSPS) is 11.1. The summed E-state index contributed by atoms with van der Waals surface area (Å²) in [5, 5.41) is 2.31. The molecule has 0 aliphatic rings. The monoisotopic (exact) mass is 288 g/mol. The fourth-order valence-electron chi connectivity index (χ4n) is 0.956. The van der Waals surface area contributed by atoms with Gasteiger partial charge in [0.1, 0.15) is 0 Å². The molecule has 20 heavy (non-hydrogen) atoms. The van der Waals surface area contributed by atoms with E-state index in [1.54, 1.807) is 0 Å². The Morgan fingerprint density at radius 3 is 2.05 bits per heavy atom. The first-order chi connectivity index (χ1) is 9.16. The number of nitrogens with one attached hydrogen (secondary N) is 1. The number of hydrogen-bond donors (Lipinski definition) is 5. The third-order valence-corrected chi connectivity index (χ3v) is 1.74. The van der Waals surface area contributed by atoms with Crippen LogP contribution in [-0.4, -0.2) is 36.9 Å². The Kier molecular flexibility index (Phi) is 12.5. The summed E-state index contributed by atoms with van der Waals surface area (Å²) in [6.45, 7) is 6.71. The molecular weight excluding hydrogens is 260 g/mol. The number of amides is 2. The molecule has 0 unspecified atom stereocenters. The van der Waals surface area contributed by atoms with Crippen LogP contribution in [0.5, 0.6) is 0 Å². The standard InChI is InChI=1S/C8H18N6O2.C4H10/c9-5(2-1-3-13-8(11)12)7(16)14-4-6(10)15;1-4(2)3/h5H,1-4,9H2,(H2,10,15)(H,14,16)(H4,11,12,13);4H,1-3H3/t5-;/m0./s1. The van der Waals surface area contributed by atoms with Crippen LogP contribution in [0.3, 0.4) is 0 Å². The van der Waals surface area contributed by atoms with Gasteiger partial charge in [0, 0.05) is 6.54 Å². The van der Waals surface area contributed by atoms with Crippen molar-refractivity contribution in [2.75, 3.05) is 13.1 Å². The molecule has 2 amide bonds. The molecule has 0 aromatic heterocycles.